The van der Waals surface area contributed by atoms with Crippen molar-refractivity contribution in [2.24, 2.45) is 0 Å². The van der Waals surface area contributed by atoms with Gasteiger partial charge in [-0.25, -0.2) is 0 Å². The Morgan fingerprint density at radius 2 is 2.13 bits per heavy atom. The van der Waals surface area contributed by atoms with Crippen molar-refractivity contribution < 1.29 is 13.0 Å². The summed E-state index contributed by atoms with van der Waals surface area (Å²) in [7, 11) is -4.17. The van der Waals surface area contributed by atoms with E-state index in [0.29, 0.717) is 5.69 Å². The molecule has 6 heteroatoms. The van der Waals surface area contributed by atoms with Crippen molar-refractivity contribution in [3.8, 4) is 0 Å². The Morgan fingerprint density at radius 3 is 2.87 bits per heavy atom. The minimum Gasteiger partial charge on any atom is -0.312 e. The number of nitrogens with one attached hydrogen (secondary N) is 2. The molecule has 3 N–H and O–H groups in total. The molecule has 0 aromatic heterocycles. The van der Waals surface area contributed by atoms with Crippen molar-refractivity contribution >= 4 is 16.0 Å². The van der Waals surface area contributed by atoms with E-state index in [9.17, 15) is 8.42 Å². The van der Waals surface area contributed by atoms with Gasteiger partial charge in [0.05, 0.1) is 5.69 Å². The van der Waals surface area contributed by atoms with Gasteiger partial charge in [0.2, 0.25) is 0 Å². The normalized spacial score (nSPS) is 15.8. The second kappa shape index (κ2) is 3.80. The highest BCUT2D eigenvalue weighted by Gasteiger charge is 2.10. The lowest BCUT2D eigenvalue weighted by atomic mass is 10.0. The van der Waals surface area contributed by atoms with Crippen molar-refractivity contribution in [3.63, 3.8) is 0 Å². The predicted octanol–water partition coefficient (Wildman–Crippen LogP) is 0.547. The highest BCUT2D eigenvalue weighted by atomic mass is 32.2. The summed E-state index contributed by atoms with van der Waals surface area (Å²) < 4.78 is 31.8. The first kappa shape index (κ1) is 10.4. The van der Waals surface area contributed by atoms with Gasteiger partial charge in [-0.1, -0.05) is 6.07 Å². The first-order chi connectivity index (χ1) is 7.04. The second-order valence-corrected chi connectivity index (χ2v) is 4.64. The van der Waals surface area contributed by atoms with E-state index < -0.39 is 10.3 Å². The zero-order chi connectivity index (χ0) is 10.9. The fourth-order valence-electron chi connectivity index (χ4n) is 1.69. The maximum Gasteiger partial charge on any atom is 0.357 e. The summed E-state index contributed by atoms with van der Waals surface area (Å²) in [5.74, 6) is 0. The van der Waals surface area contributed by atoms with Crippen LogP contribution in [-0.2, 0) is 23.3 Å². The molecule has 1 aliphatic rings. The van der Waals surface area contributed by atoms with Crippen LogP contribution in [-0.4, -0.2) is 19.5 Å². The third-order valence-corrected chi connectivity index (χ3v) is 2.83. The van der Waals surface area contributed by atoms with E-state index in [4.69, 9.17) is 4.55 Å². The zero-order valence-electron chi connectivity index (χ0n) is 8.03. The molecule has 1 aromatic carbocycles. The van der Waals surface area contributed by atoms with Crippen LogP contribution < -0.4 is 10.0 Å². The molecule has 0 amide bonds. The van der Waals surface area contributed by atoms with E-state index in [0.717, 1.165) is 25.1 Å². The molecule has 0 atom stereocenters. The van der Waals surface area contributed by atoms with Crippen LogP contribution in [0.2, 0.25) is 0 Å². The molecule has 0 spiro atoms. The van der Waals surface area contributed by atoms with Gasteiger partial charge in [-0.05, 0) is 36.2 Å². The number of hydrogen-bond donors (Lipinski definition) is 3. The summed E-state index contributed by atoms with van der Waals surface area (Å²) in [4.78, 5) is 0. The summed E-state index contributed by atoms with van der Waals surface area (Å²) >= 11 is 0. The molecule has 0 saturated heterocycles. The summed E-state index contributed by atoms with van der Waals surface area (Å²) in [6, 6.07) is 5.26. The first-order valence-electron chi connectivity index (χ1n) is 4.62. The Morgan fingerprint density at radius 1 is 1.33 bits per heavy atom. The standard InChI is InChI=1S/C9H12N2O3S/c12-15(13,14)11-9-2-1-7-3-4-10-6-8(7)5-9/h1-2,5,10-11H,3-4,6H2,(H,12,13,14). The molecular weight excluding hydrogens is 216 g/mol. The monoisotopic (exact) mass is 228 g/mol. The lowest BCUT2D eigenvalue weighted by Gasteiger charge is -2.17. The fraction of sp³-hybridized carbons (Fsp3) is 0.333. The van der Waals surface area contributed by atoms with Crippen molar-refractivity contribution in [2.45, 2.75) is 13.0 Å². The maximum absolute atomic E-state index is 10.6. The van der Waals surface area contributed by atoms with Crippen LogP contribution in [0.15, 0.2) is 18.2 Å². The van der Waals surface area contributed by atoms with Crippen LogP contribution in [0.3, 0.4) is 0 Å². The molecule has 0 saturated carbocycles. The van der Waals surface area contributed by atoms with E-state index in [1.807, 2.05) is 10.8 Å². The van der Waals surface area contributed by atoms with Crippen molar-refractivity contribution in [1.29, 1.82) is 0 Å². The van der Waals surface area contributed by atoms with Crippen LogP contribution >= 0.6 is 0 Å². The molecule has 0 bridgehead atoms. The Hall–Kier alpha value is -1.11. The number of hydrogen-bond acceptors (Lipinski definition) is 3. The predicted molar refractivity (Wildman–Crippen MR) is 57.0 cm³/mol. The highest BCUT2D eigenvalue weighted by Crippen LogP contribution is 2.19. The molecule has 15 heavy (non-hydrogen) atoms. The Kier molecular flexibility index (Phi) is 2.64. The van der Waals surface area contributed by atoms with E-state index in [2.05, 4.69) is 5.32 Å². The second-order valence-electron chi connectivity index (χ2n) is 3.49. The average Bonchev–Trinajstić information content (AvgIpc) is 2.15. The van der Waals surface area contributed by atoms with Gasteiger partial charge in [-0.3, -0.25) is 9.27 Å². The SMILES string of the molecule is O=S(=O)(O)Nc1ccc2c(c1)CNCC2. The molecule has 5 nitrogen and oxygen atoms in total. The minimum atomic E-state index is -4.17. The molecular formula is C9H12N2O3S. The molecule has 1 aromatic rings. The number of rotatable bonds is 2. The summed E-state index contributed by atoms with van der Waals surface area (Å²) in [5, 5.41) is 3.19. The largest absolute Gasteiger partial charge is 0.357 e. The molecule has 1 aliphatic heterocycles. The van der Waals surface area contributed by atoms with Gasteiger partial charge >= 0.3 is 10.3 Å². The third kappa shape index (κ3) is 2.68. The summed E-state index contributed by atoms with van der Waals surface area (Å²) in [6.07, 6.45) is 0.946. The summed E-state index contributed by atoms with van der Waals surface area (Å²) in [5.41, 5.74) is 2.67. The fourth-order valence-corrected chi connectivity index (χ4v) is 2.12. The quantitative estimate of drug-likeness (QED) is 0.646. The van der Waals surface area contributed by atoms with Crippen molar-refractivity contribution in [2.75, 3.05) is 11.3 Å². The Labute approximate surface area is 88.4 Å². The van der Waals surface area contributed by atoms with Crippen molar-refractivity contribution in [3.05, 3.63) is 29.3 Å². The Balaban J connectivity index is 2.28. The molecule has 0 fully saturated rings. The molecule has 82 valence electrons. The smallest absolute Gasteiger partial charge is 0.312 e. The number of benzene rings is 1. The van der Waals surface area contributed by atoms with Crippen LogP contribution in [0.5, 0.6) is 0 Å². The first-order valence-corrected chi connectivity index (χ1v) is 6.06. The molecule has 0 aliphatic carbocycles. The van der Waals surface area contributed by atoms with E-state index in [1.54, 1.807) is 12.1 Å². The van der Waals surface area contributed by atoms with Crippen LogP contribution in [0.25, 0.3) is 0 Å². The van der Waals surface area contributed by atoms with Crippen LogP contribution in [0.4, 0.5) is 5.69 Å². The molecule has 2 rings (SSSR count). The highest BCUT2D eigenvalue weighted by molar-refractivity contribution is 7.87. The minimum absolute atomic E-state index is 0.389. The van der Waals surface area contributed by atoms with Gasteiger partial charge in [0.1, 0.15) is 0 Å². The van der Waals surface area contributed by atoms with E-state index in [-0.39, 0.29) is 0 Å². The molecule has 0 radical (unpaired) electrons. The van der Waals surface area contributed by atoms with Crippen LogP contribution in [0, 0.1) is 0 Å². The maximum atomic E-state index is 10.6. The van der Waals surface area contributed by atoms with E-state index >= 15 is 0 Å². The van der Waals surface area contributed by atoms with Gasteiger partial charge in [0, 0.05) is 6.54 Å². The lowest BCUT2D eigenvalue weighted by Crippen LogP contribution is -2.23. The third-order valence-electron chi connectivity index (χ3n) is 2.34. The number of fused-ring (bicyclic) bond motifs is 1. The van der Waals surface area contributed by atoms with Gasteiger partial charge in [-0.2, -0.15) is 8.42 Å². The summed E-state index contributed by atoms with van der Waals surface area (Å²) in [6.45, 7) is 1.68. The van der Waals surface area contributed by atoms with Gasteiger partial charge in [0.15, 0.2) is 0 Å². The van der Waals surface area contributed by atoms with Gasteiger partial charge in [-0.15, -0.1) is 0 Å². The lowest BCUT2D eigenvalue weighted by molar-refractivity contribution is 0.489. The van der Waals surface area contributed by atoms with Gasteiger partial charge in [0.25, 0.3) is 0 Å². The molecule has 0 unspecified atom stereocenters. The van der Waals surface area contributed by atoms with Crippen LogP contribution in [0.1, 0.15) is 11.1 Å². The zero-order valence-corrected chi connectivity index (χ0v) is 8.84. The van der Waals surface area contributed by atoms with Crippen molar-refractivity contribution in [1.82, 2.24) is 5.32 Å². The number of anilines is 1. The van der Waals surface area contributed by atoms with E-state index in [1.165, 1.54) is 5.56 Å². The average molecular weight is 228 g/mol. The Bertz CT molecular complexity index is 470. The topological polar surface area (TPSA) is 78.4 Å². The van der Waals surface area contributed by atoms with Gasteiger partial charge < -0.3 is 5.32 Å². The molecule has 1 heterocycles.